The van der Waals surface area contributed by atoms with E-state index in [2.05, 4.69) is 9.47 Å². The van der Waals surface area contributed by atoms with Gasteiger partial charge in [0.15, 0.2) is 0 Å². The molecule has 4 nitrogen and oxygen atoms in total. The molecule has 0 aliphatic heterocycles. The van der Waals surface area contributed by atoms with Crippen molar-refractivity contribution in [1.29, 1.82) is 5.26 Å². The van der Waals surface area contributed by atoms with Gasteiger partial charge in [0.05, 0.1) is 7.11 Å². The number of hydrogen-bond donors (Lipinski definition) is 0. The number of rotatable bonds is 3. The van der Waals surface area contributed by atoms with Gasteiger partial charge >= 0.3 is 12.3 Å². The molecule has 1 aromatic rings. The van der Waals surface area contributed by atoms with Gasteiger partial charge in [0, 0.05) is 5.56 Å². The Hall–Kier alpha value is -2.49. The molecule has 0 heterocycles. The Kier molecular flexibility index (Phi) is 4.53. The van der Waals surface area contributed by atoms with Crippen molar-refractivity contribution >= 4 is 12.0 Å². The number of para-hydroxylation sites is 1. The van der Waals surface area contributed by atoms with Gasteiger partial charge in [-0.3, -0.25) is 0 Å². The average molecular weight is 271 g/mol. The van der Waals surface area contributed by atoms with Crippen LogP contribution in [0.15, 0.2) is 29.8 Å². The van der Waals surface area contributed by atoms with Crippen molar-refractivity contribution < 1.29 is 27.4 Å². The minimum Gasteiger partial charge on any atom is -0.465 e. The Bertz CT molecular complexity index is 544. The molecule has 1 rings (SSSR count). The number of alkyl halides is 3. The van der Waals surface area contributed by atoms with E-state index in [1.54, 1.807) is 6.07 Å². The molecule has 0 N–H and O–H groups in total. The summed E-state index contributed by atoms with van der Waals surface area (Å²) in [5.74, 6) is -1.45. The highest BCUT2D eigenvalue weighted by Crippen LogP contribution is 2.27. The fraction of sp³-hybridized carbons (Fsp3) is 0.167. The summed E-state index contributed by atoms with van der Waals surface area (Å²) in [5.41, 5.74) is -0.484. The molecular formula is C12H8F3NO3. The molecular weight excluding hydrogens is 263 g/mol. The van der Waals surface area contributed by atoms with E-state index in [1.807, 2.05) is 0 Å². The molecule has 19 heavy (non-hydrogen) atoms. The predicted molar refractivity (Wildman–Crippen MR) is 58.7 cm³/mol. The lowest BCUT2D eigenvalue weighted by atomic mass is 10.1. The Morgan fingerprint density at radius 3 is 2.53 bits per heavy atom. The second kappa shape index (κ2) is 5.91. The SMILES string of the molecule is COC(=O)/C(C#N)=C\c1ccccc1OC(F)(F)F. The number of hydrogen-bond acceptors (Lipinski definition) is 4. The normalized spacial score (nSPS) is 11.6. The molecule has 0 amide bonds. The van der Waals surface area contributed by atoms with Crippen LogP contribution >= 0.6 is 0 Å². The van der Waals surface area contributed by atoms with Gasteiger partial charge in [-0.15, -0.1) is 13.2 Å². The molecule has 0 aliphatic carbocycles. The molecule has 0 spiro atoms. The maximum Gasteiger partial charge on any atom is 0.573 e. The maximum atomic E-state index is 12.2. The van der Waals surface area contributed by atoms with Crippen LogP contribution in [0.2, 0.25) is 0 Å². The van der Waals surface area contributed by atoms with E-state index in [0.717, 1.165) is 19.3 Å². The van der Waals surface area contributed by atoms with Crippen molar-refractivity contribution in [2.24, 2.45) is 0 Å². The van der Waals surface area contributed by atoms with E-state index in [0.29, 0.717) is 0 Å². The summed E-state index contributed by atoms with van der Waals surface area (Å²) in [4.78, 5) is 11.2. The molecule has 7 heteroatoms. The minimum absolute atomic E-state index is 0.0539. The van der Waals surface area contributed by atoms with Crippen LogP contribution in [0.1, 0.15) is 5.56 Å². The second-order valence-electron chi connectivity index (χ2n) is 3.25. The van der Waals surface area contributed by atoms with Crippen LogP contribution in [0.4, 0.5) is 13.2 Å². The number of carbonyl (C=O) groups excluding carboxylic acids is 1. The number of halogens is 3. The third-order valence-electron chi connectivity index (χ3n) is 1.97. The molecule has 0 radical (unpaired) electrons. The van der Waals surface area contributed by atoms with Gasteiger partial charge in [-0.05, 0) is 12.1 Å². The summed E-state index contributed by atoms with van der Waals surface area (Å²) in [6.07, 6.45) is -3.89. The van der Waals surface area contributed by atoms with E-state index in [1.165, 1.54) is 18.2 Å². The van der Waals surface area contributed by atoms with E-state index in [9.17, 15) is 18.0 Å². The summed E-state index contributed by atoms with van der Waals surface area (Å²) in [5, 5.41) is 8.73. The quantitative estimate of drug-likeness (QED) is 0.481. The van der Waals surface area contributed by atoms with Crippen LogP contribution in [0, 0.1) is 11.3 Å². The van der Waals surface area contributed by atoms with Crippen LogP contribution < -0.4 is 4.74 Å². The lowest BCUT2D eigenvalue weighted by Gasteiger charge is -2.11. The molecule has 0 aromatic heterocycles. The molecule has 0 atom stereocenters. The van der Waals surface area contributed by atoms with Crippen molar-refractivity contribution in [2.75, 3.05) is 7.11 Å². The van der Waals surface area contributed by atoms with Crippen LogP contribution in [-0.2, 0) is 9.53 Å². The number of benzene rings is 1. The minimum atomic E-state index is -4.86. The second-order valence-corrected chi connectivity index (χ2v) is 3.25. The first-order valence-electron chi connectivity index (χ1n) is 4.92. The van der Waals surface area contributed by atoms with E-state index in [-0.39, 0.29) is 5.56 Å². The number of ether oxygens (including phenoxy) is 2. The third-order valence-corrected chi connectivity index (χ3v) is 1.97. The Balaban J connectivity index is 3.18. The fourth-order valence-corrected chi connectivity index (χ4v) is 1.22. The molecule has 100 valence electrons. The number of nitriles is 1. The van der Waals surface area contributed by atoms with Gasteiger partial charge in [0.1, 0.15) is 17.4 Å². The third kappa shape index (κ3) is 4.35. The first kappa shape index (κ1) is 14.6. The van der Waals surface area contributed by atoms with Crippen molar-refractivity contribution in [3.8, 4) is 11.8 Å². The van der Waals surface area contributed by atoms with Crippen LogP contribution in [0.3, 0.4) is 0 Å². The van der Waals surface area contributed by atoms with Gasteiger partial charge in [0.2, 0.25) is 0 Å². The monoisotopic (exact) mass is 271 g/mol. The molecule has 0 saturated heterocycles. The van der Waals surface area contributed by atoms with Crippen molar-refractivity contribution in [1.82, 2.24) is 0 Å². The average Bonchev–Trinajstić information content (AvgIpc) is 2.35. The van der Waals surface area contributed by atoms with E-state index in [4.69, 9.17) is 5.26 Å². The number of carbonyl (C=O) groups is 1. The molecule has 0 saturated carbocycles. The summed E-state index contributed by atoms with van der Waals surface area (Å²) >= 11 is 0. The highest BCUT2D eigenvalue weighted by molar-refractivity contribution is 5.98. The molecule has 1 aromatic carbocycles. The van der Waals surface area contributed by atoms with Crippen molar-refractivity contribution in [2.45, 2.75) is 6.36 Å². The standard InChI is InChI=1S/C12H8F3NO3/c1-18-11(17)9(7-16)6-8-4-2-3-5-10(8)19-12(13,14)15/h2-6H,1H3/b9-6-. The topological polar surface area (TPSA) is 59.3 Å². The number of esters is 1. The zero-order valence-corrected chi connectivity index (χ0v) is 9.69. The lowest BCUT2D eigenvalue weighted by Crippen LogP contribution is -2.17. The van der Waals surface area contributed by atoms with E-state index >= 15 is 0 Å². The summed E-state index contributed by atoms with van der Waals surface area (Å²) in [6, 6.07) is 6.68. The van der Waals surface area contributed by atoms with Crippen molar-refractivity contribution in [3.63, 3.8) is 0 Å². The predicted octanol–water partition coefficient (Wildman–Crippen LogP) is 2.67. The molecule has 0 fully saturated rings. The first-order chi connectivity index (χ1) is 8.87. The molecule has 0 unspecified atom stereocenters. The zero-order valence-electron chi connectivity index (χ0n) is 9.69. The molecule has 0 bridgehead atoms. The fourth-order valence-electron chi connectivity index (χ4n) is 1.22. The van der Waals surface area contributed by atoms with E-state index < -0.39 is 23.7 Å². The number of nitrogens with zero attached hydrogens (tertiary/aromatic N) is 1. The van der Waals surface area contributed by atoms with Crippen LogP contribution in [0.25, 0.3) is 6.08 Å². The maximum absolute atomic E-state index is 12.2. The van der Waals surface area contributed by atoms with Gasteiger partial charge in [-0.25, -0.2) is 4.79 Å². The van der Waals surface area contributed by atoms with Gasteiger partial charge in [-0.2, -0.15) is 5.26 Å². The van der Waals surface area contributed by atoms with Gasteiger partial charge < -0.3 is 9.47 Å². The highest BCUT2D eigenvalue weighted by atomic mass is 19.4. The highest BCUT2D eigenvalue weighted by Gasteiger charge is 2.31. The summed E-state index contributed by atoms with van der Waals surface area (Å²) < 4.78 is 44.6. The van der Waals surface area contributed by atoms with Gasteiger partial charge in [-0.1, -0.05) is 18.2 Å². The Morgan fingerprint density at radius 2 is 2.00 bits per heavy atom. The zero-order chi connectivity index (χ0) is 14.5. The van der Waals surface area contributed by atoms with Gasteiger partial charge in [0.25, 0.3) is 0 Å². The largest absolute Gasteiger partial charge is 0.573 e. The smallest absolute Gasteiger partial charge is 0.465 e. The summed E-state index contributed by atoms with van der Waals surface area (Å²) in [6.45, 7) is 0. The Labute approximate surface area is 106 Å². The van der Waals surface area contributed by atoms with Crippen LogP contribution in [-0.4, -0.2) is 19.4 Å². The molecule has 0 aliphatic rings. The Morgan fingerprint density at radius 1 is 1.37 bits per heavy atom. The van der Waals surface area contributed by atoms with Crippen molar-refractivity contribution in [3.05, 3.63) is 35.4 Å². The summed E-state index contributed by atoms with van der Waals surface area (Å²) in [7, 11) is 1.06. The lowest BCUT2D eigenvalue weighted by molar-refractivity contribution is -0.274. The first-order valence-corrected chi connectivity index (χ1v) is 4.92. The van der Waals surface area contributed by atoms with Crippen LogP contribution in [0.5, 0.6) is 5.75 Å². The number of methoxy groups -OCH3 is 1.